The normalized spacial score (nSPS) is 10.3. The molecule has 2 heterocycles. The van der Waals surface area contributed by atoms with Crippen molar-refractivity contribution in [2.45, 2.75) is 13.0 Å². The molecule has 9 heteroatoms. The number of carbonyl (C=O) groups is 2. The van der Waals surface area contributed by atoms with Gasteiger partial charge in [-0.3, -0.25) is 14.6 Å². The van der Waals surface area contributed by atoms with E-state index in [1.165, 1.54) is 7.11 Å². The van der Waals surface area contributed by atoms with Crippen LogP contribution in [0.4, 0.5) is 5.69 Å². The number of para-hydroxylation sites is 2. The predicted molar refractivity (Wildman–Crippen MR) is 95.0 cm³/mol. The first-order valence-electron chi connectivity index (χ1n) is 8.09. The van der Waals surface area contributed by atoms with Crippen LogP contribution in [-0.4, -0.2) is 34.0 Å². The Morgan fingerprint density at radius 1 is 1.15 bits per heavy atom. The van der Waals surface area contributed by atoms with Crippen LogP contribution in [0.25, 0.3) is 0 Å². The Labute approximate surface area is 154 Å². The van der Waals surface area contributed by atoms with E-state index >= 15 is 0 Å². The summed E-state index contributed by atoms with van der Waals surface area (Å²) in [7, 11) is 1.51. The number of anilines is 1. The van der Waals surface area contributed by atoms with Crippen LogP contribution in [0.15, 0.2) is 53.2 Å². The number of rotatable bonds is 7. The Bertz CT molecular complexity index is 926. The zero-order chi connectivity index (χ0) is 19.1. The quantitative estimate of drug-likeness (QED) is 0.651. The Morgan fingerprint density at radius 2 is 1.96 bits per heavy atom. The van der Waals surface area contributed by atoms with Crippen LogP contribution in [0.2, 0.25) is 0 Å². The molecular weight excluding hydrogens is 350 g/mol. The lowest BCUT2D eigenvalue weighted by Gasteiger charge is -2.08. The lowest BCUT2D eigenvalue weighted by molar-refractivity contribution is -0.115. The summed E-state index contributed by atoms with van der Waals surface area (Å²) in [6.45, 7) is 0.228. The van der Waals surface area contributed by atoms with E-state index in [0.717, 1.165) is 0 Å². The van der Waals surface area contributed by atoms with E-state index in [1.807, 2.05) is 6.07 Å². The van der Waals surface area contributed by atoms with Gasteiger partial charge >= 0.3 is 11.8 Å². The van der Waals surface area contributed by atoms with Gasteiger partial charge in [-0.15, -0.1) is 0 Å². The van der Waals surface area contributed by atoms with Crippen LogP contribution in [0, 0.1) is 0 Å². The van der Waals surface area contributed by atoms with Crippen LogP contribution in [0.1, 0.15) is 22.2 Å². The SMILES string of the molecule is COc1ccccc1NC(=O)Cc1noc(C(=O)NCc2ccccn2)n1. The van der Waals surface area contributed by atoms with E-state index < -0.39 is 5.91 Å². The highest BCUT2D eigenvalue weighted by atomic mass is 16.5. The molecule has 0 aliphatic heterocycles. The minimum Gasteiger partial charge on any atom is -0.495 e. The van der Waals surface area contributed by atoms with Crippen molar-refractivity contribution in [2.24, 2.45) is 0 Å². The lowest BCUT2D eigenvalue weighted by atomic mass is 10.2. The summed E-state index contributed by atoms with van der Waals surface area (Å²) < 4.78 is 10.1. The first-order chi connectivity index (χ1) is 13.2. The van der Waals surface area contributed by atoms with Crippen LogP contribution in [-0.2, 0) is 17.8 Å². The van der Waals surface area contributed by atoms with Crippen molar-refractivity contribution in [3.8, 4) is 5.75 Å². The van der Waals surface area contributed by atoms with Gasteiger partial charge in [0.25, 0.3) is 0 Å². The van der Waals surface area contributed by atoms with Crippen molar-refractivity contribution < 1.29 is 18.8 Å². The summed E-state index contributed by atoms with van der Waals surface area (Å²) in [6.07, 6.45) is 1.49. The number of pyridine rings is 1. The first kappa shape index (κ1) is 18.1. The summed E-state index contributed by atoms with van der Waals surface area (Å²) in [5, 5.41) is 8.98. The molecule has 0 unspecified atom stereocenters. The molecule has 0 saturated heterocycles. The maximum absolute atomic E-state index is 12.1. The highest BCUT2D eigenvalue weighted by Gasteiger charge is 2.17. The van der Waals surface area contributed by atoms with Crippen LogP contribution >= 0.6 is 0 Å². The fraction of sp³-hybridized carbons (Fsp3) is 0.167. The maximum atomic E-state index is 12.1. The Morgan fingerprint density at radius 3 is 2.74 bits per heavy atom. The second-order valence-electron chi connectivity index (χ2n) is 5.44. The smallest absolute Gasteiger partial charge is 0.315 e. The molecule has 0 saturated carbocycles. The molecule has 3 rings (SSSR count). The molecule has 2 N–H and O–H groups in total. The van der Waals surface area contributed by atoms with Crippen LogP contribution in [0.5, 0.6) is 5.75 Å². The van der Waals surface area contributed by atoms with Crippen molar-refractivity contribution >= 4 is 17.5 Å². The molecule has 138 valence electrons. The minimum atomic E-state index is -0.537. The molecule has 0 atom stereocenters. The Balaban J connectivity index is 1.55. The monoisotopic (exact) mass is 367 g/mol. The number of ether oxygens (including phenoxy) is 1. The first-order valence-corrected chi connectivity index (χ1v) is 8.09. The van der Waals surface area contributed by atoms with Crippen molar-refractivity contribution in [1.29, 1.82) is 0 Å². The predicted octanol–water partition coefficient (Wildman–Crippen LogP) is 1.58. The summed E-state index contributed by atoms with van der Waals surface area (Å²) in [5.41, 5.74) is 1.23. The Kier molecular flexibility index (Phi) is 5.73. The van der Waals surface area contributed by atoms with Gasteiger partial charge in [-0.1, -0.05) is 23.4 Å². The van der Waals surface area contributed by atoms with Gasteiger partial charge in [0.15, 0.2) is 5.82 Å². The lowest BCUT2D eigenvalue weighted by Crippen LogP contribution is -2.23. The maximum Gasteiger partial charge on any atom is 0.315 e. The molecular formula is C18H17N5O4. The largest absolute Gasteiger partial charge is 0.495 e. The molecule has 1 aromatic carbocycles. The molecule has 0 spiro atoms. The summed E-state index contributed by atoms with van der Waals surface area (Å²) >= 11 is 0. The molecule has 2 aromatic heterocycles. The second kappa shape index (κ2) is 8.56. The fourth-order valence-electron chi connectivity index (χ4n) is 2.25. The van der Waals surface area contributed by atoms with E-state index in [2.05, 4.69) is 25.8 Å². The fourth-order valence-corrected chi connectivity index (χ4v) is 2.25. The van der Waals surface area contributed by atoms with Crippen molar-refractivity contribution in [3.63, 3.8) is 0 Å². The van der Waals surface area contributed by atoms with Gasteiger partial charge in [-0.05, 0) is 24.3 Å². The molecule has 0 fully saturated rings. The number of carbonyl (C=O) groups excluding carboxylic acids is 2. The number of aromatic nitrogens is 3. The van der Waals surface area contributed by atoms with Gasteiger partial charge in [0.05, 0.1) is 31.5 Å². The summed E-state index contributed by atoms with van der Waals surface area (Å²) in [6, 6.07) is 12.4. The van der Waals surface area contributed by atoms with Gasteiger partial charge < -0.3 is 19.9 Å². The molecule has 0 aliphatic rings. The minimum absolute atomic E-state index is 0.102. The average Bonchev–Trinajstić information content (AvgIpc) is 3.15. The van der Waals surface area contributed by atoms with E-state index in [9.17, 15) is 9.59 Å². The Hall–Kier alpha value is -3.75. The van der Waals surface area contributed by atoms with Crippen molar-refractivity contribution in [1.82, 2.24) is 20.4 Å². The van der Waals surface area contributed by atoms with E-state index in [0.29, 0.717) is 17.1 Å². The van der Waals surface area contributed by atoms with Crippen LogP contribution in [0.3, 0.4) is 0 Å². The summed E-state index contributed by atoms with van der Waals surface area (Å²) in [4.78, 5) is 32.2. The average molecular weight is 367 g/mol. The zero-order valence-electron chi connectivity index (χ0n) is 14.5. The number of amides is 2. The van der Waals surface area contributed by atoms with E-state index in [-0.39, 0.29) is 30.6 Å². The van der Waals surface area contributed by atoms with Crippen molar-refractivity contribution in [3.05, 3.63) is 66.1 Å². The van der Waals surface area contributed by atoms with Gasteiger partial charge in [0.1, 0.15) is 5.75 Å². The van der Waals surface area contributed by atoms with E-state index in [1.54, 1.807) is 42.6 Å². The highest BCUT2D eigenvalue weighted by molar-refractivity contribution is 5.93. The number of hydrogen-bond donors (Lipinski definition) is 2. The third kappa shape index (κ3) is 4.88. The molecule has 27 heavy (non-hydrogen) atoms. The highest BCUT2D eigenvalue weighted by Crippen LogP contribution is 2.23. The van der Waals surface area contributed by atoms with Gasteiger partial charge in [-0.2, -0.15) is 4.98 Å². The zero-order valence-corrected chi connectivity index (χ0v) is 14.5. The van der Waals surface area contributed by atoms with Crippen molar-refractivity contribution in [2.75, 3.05) is 12.4 Å². The third-order valence-electron chi connectivity index (χ3n) is 3.52. The molecule has 2 amide bonds. The van der Waals surface area contributed by atoms with Gasteiger partial charge in [0.2, 0.25) is 5.91 Å². The molecule has 0 radical (unpaired) electrons. The molecule has 9 nitrogen and oxygen atoms in total. The number of methoxy groups -OCH3 is 1. The number of hydrogen-bond acceptors (Lipinski definition) is 7. The topological polar surface area (TPSA) is 119 Å². The molecule has 0 bridgehead atoms. The van der Waals surface area contributed by atoms with E-state index in [4.69, 9.17) is 9.26 Å². The third-order valence-corrected chi connectivity index (χ3v) is 3.52. The standard InChI is InChI=1S/C18H17N5O4/c1-26-14-8-3-2-7-13(14)21-16(24)10-15-22-18(27-23-15)17(25)20-11-12-6-4-5-9-19-12/h2-9H,10-11H2,1H3,(H,20,25)(H,21,24). The van der Waals surface area contributed by atoms with Gasteiger partial charge in [0, 0.05) is 6.20 Å². The number of benzene rings is 1. The summed E-state index contributed by atoms with van der Waals surface area (Å²) in [5.74, 6) is -0.477. The van der Waals surface area contributed by atoms with Gasteiger partial charge in [-0.25, -0.2) is 0 Å². The molecule has 0 aliphatic carbocycles. The number of nitrogens with zero attached hydrogens (tertiary/aromatic N) is 3. The molecule has 3 aromatic rings. The number of nitrogens with one attached hydrogen (secondary N) is 2. The second-order valence-corrected chi connectivity index (χ2v) is 5.44. The van der Waals surface area contributed by atoms with Crippen LogP contribution < -0.4 is 15.4 Å².